The first-order chi connectivity index (χ1) is 13.0. The fourth-order valence-corrected chi connectivity index (χ4v) is 2.94. The molecule has 1 heterocycles. The standard InChI is InChI=1S/C19H23FN2O6/c1-11-14(17(24)25)12-7-5-8-13(20)15(12)16(23)22(11)21(18(26)27)9-6-10-28-19(2,3)4/h5,7-8H,6,9-10H2,1-4H3,(H,24,25)(H,26,27). The van der Waals surface area contributed by atoms with Crippen LogP contribution in [0.5, 0.6) is 0 Å². The predicted octanol–water partition coefficient (Wildman–Crippen LogP) is 2.97. The molecule has 2 aromatic rings. The maximum atomic E-state index is 14.3. The molecule has 8 nitrogen and oxygen atoms in total. The summed E-state index contributed by atoms with van der Waals surface area (Å²) in [5.41, 5.74) is -1.78. The molecule has 0 saturated carbocycles. The SMILES string of the molecule is Cc1c(C(=O)O)c2cccc(F)c2c(=O)n1N(CCCOC(C)(C)C)C(=O)O. The van der Waals surface area contributed by atoms with Crippen molar-refractivity contribution in [3.63, 3.8) is 0 Å². The summed E-state index contributed by atoms with van der Waals surface area (Å²) in [7, 11) is 0. The predicted molar refractivity (Wildman–Crippen MR) is 101 cm³/mol. The summed E-state index contributed by atoms with van der Waals surface area (Å²) in [6, 6.07) is 3.65. The van der Waals surface area contributed by atoms with Gasteiger partial charge in [-0.2, -0.15) is 0 Å². The van der Waals surface area contributed by atoms with Gasteiger partial charge < -0.3 is 14.9 Å². The number of carboxylic acid groups (broad SMARTS) is 2. The number of carboxylic acids is 1. The third-order valence-corrected chi connectivity index (χ3v) is 4.09. The molecule has 152 valence electrons. The van der Waals surface area contributed by atoms with E-state index in [2.05, 4.69) is 0 Å². The number of fused-ring (bicyclic) bond motifs is 1. The van der Waals surface area contributed by atoms with Crippen LogP contribution in [-0.2, 0) is 4.74 Å². The van der Waals surface area contributed by atoms with Crippen LogP contribution in [0.2, 0.25) is 0 Å². The lowest BCUT2D eigenvalue weighted by molar-refractivity contribution is -0.00355. The van der Waals surface area contributed by atoms with E-state index in [0.29, 0.717) is 9.69 Å². The van der Waals surface area contributed by atoms with Crippen LogP contribution >= 0.6 is 0 Å². The Morgan fingerprint density at radius 1 is 1.25 bits per heavy atom. The lowest BCUT2D eigenvalue weighted by atomic mass is 10.0. The first kappa shape index (κ1) is 21.4. The summed E-state index contributed by atoms with van der Waals surface area (Å²) in [6.07, 6.45) is -1.21. The quantitative estimate of drug-likeness (QED) is 0.729. The Hall–Kier alpha value is -2.94. The molecule has 0 aliphatic rings. The fourth-order valence-electron chi connectivity index (χ4n) is 2.94. The molecule has 28 heavy (non-hydrogen) atoms. The second kappa shape index (κ2) is 7.97. The van der Waals surface area contributed by atoms with Gasteiger partial charge in [0.15, 0.2) is 0 Å². The number of carbonyl (C=O) groups is 2. The molecule has 0 aliphatic heterocycles. The number of amides is 1. The monoisotopic (exact) mass is 394 g/mol. The summed E-state index contributed by atoms with van der Waals surface area (Å²) in [5.74, 6) is -2.30. The van der Waals surface area contributed by atoms with Crippen LogP contribution in [-0.4, -0.2) is 45.7 Å². The maximum absolute atomic E-state index is 14.3. The molecule has 1 aromatic carbocycles. The first-order valence-corrected chi connectivity index (χ1v) is 8.67. The van der Waals surface area contributed by atoms with Gasteiger partial charge in [-0.1, -0.05) is 12.1 Å². The highest BCUT2D eigenvalue weighted by Crippen LogP contribution is 2.22. The van der Waals surface area contributed by atoms with E-state index in [1.165, 1.54) is 19.1 Å². The second-order valence-electron chi connectivity index (χ2n) is 7.27. The zero-order valence-electron chi connectivity index (χ0n) is 16.2. The maximum Gasteiger partial charge on any atom is 0.426 e. The Kier molecular flexibility index (Phi) is 6.08. The summed E-state index contributed by atoms with van der Waals surface area (Å²) in [5, 5.41) is 19.3. The average Bonchev–Trinajstić information content (AvgIpc) is 2.55. The van der Waals surface area contributed by atoms with Gasteiger partial charge in [0.25, 0.3) is 5.56 Å². The van der Waals surface area contributed by atoms with E-state index in [1.54, 1.807) is 0 Å². The Balaban J connectivity index is 2.59. The lowest BCUT2D eigenvalue weighted by Crippen LogP contribution is -2.48. The van der Waals surface area contributed by atoms with Crippen molar-refractivity contribution < 1.29 is 28.9 Å². The van der Waals surface area contributed by atoms with Crippen molar-refractivity contribution in [2.45, 2.75) is 39.7 Å². The topological polar surface area (TPSA) is 109 Å². The molecule has 1 aromatic heterocycles. The van der Waals surface area contributed by atoms with Gasteiger partial charge in [-0.15, -0.1) is 0 Å². The molecule has 1 amide bonds. The zero-order chi connectivity index (χ0) is 21.2. The van der Waals surface area contributed by atoms with Gasteiger partial charge in [-0.25, -0.2) is 23.7 Å². The number of ether oxygens (including phenoxy) is 1. The van der Waals surface area contributed by atoms with Crippen LogP contribution in [0, 0.1) is 12.7 Å². The van der Waals surface area contributed by atoms with E-state index in [9.17, 15) is 29.0 Å². The van der Waals surface area contributed by atoms with Crippen molar-refractivity contribution in [1.29, 1.82) is 0 Å². The molecule has 0 saturated heterocycles. The molecule has 0 bridgehead atoms. The molecular formula is C19H23FN2O6. The van der Waals surface area contributed by atoms with Gasteiger partial charge in [0, 0.05) is 18.5 Å². The molecule has 0 aliphatic carbocycles. The first-order valence-electron chi connectivity index (χ1n) is 8.67. The molecule has 0 spiro atoms. The molecular weight excluding hydrogens is 371 g/mol. The smallest absolute Gasteiger partial charge is 0.426 e. The van der Waals surface area contributed by atoms with Crippen LogP contribution in [0.4, 0.5) is 9.18 Å². The lowest BCUT2D eigenvalue weighted by Gasteiger charge is -2.26. The Morgan fingerprint density at radius 2 is 1.89 bits per heavy atom. The summed E-state index contributed by atoms with van der Waals surface area (Å²) in [4.78, 5) is 36.4. The normalized spacial score (nSPS) is 11.6. The van der Waals surface area contributed by atoms with E-state index < -0.39 is 34.4 Å². The summed E-state index contributed by atoms with van der Waals surface area (Å²) < 4.78 is 20.6. The van der Waals surface area contributed by atoms with Gasteiger partial charge in [0.1, 0.15) is 5.82 Å². The van der Waals surface area contributed by atoms with Crippen molar-refractivity contribution in [2.24, 2.45) is 0 Å². The van der Waals surface area contributed by atoms with Gasteiger partial charge in [-0.3, -0.25) is 4.79 Å². The number of halogens is 1. The van der Waals surface area contributed by atoms with E-state index in [-0.39, 0.29) is 36.2 Å². The Labute approximate surface area is 160 Å². The van der Waals surface area contributed by atoms with Gasteiger partial charge >= 0.3 is 12.1 Å². The van der Waals surface area contributed by atoms with Crippen molar-refractivity contribution in [1.82, 2.24) is 4.68 Å². The fraction of sp³-hybridized carbons (Fsp3) is 0.421. The highest BCUT2D eigenvalue weighted by molar-refractivity contribution is 6.04. The van der Waals surface area contributed by atoms with E-state index in [1.807, 2.05) is 20.8 Å². The van der Waals surface area contributed by atoms with E-state index >= 15 is 0 Å². The number of nitrogens with zero attached hydrogens (tertiary/aromatic N) is 2. The van der Waals surface area contributed by atoms with Crippen molar-refractivity contribution >= 4 is 22.8 Å². The number of pyridine rings is 1. The molecule has 2 N–H and O–H groups in total. The third kappa shape index (κ3) is 4.30. The van der Waals surface area contributed by atoms with Crippen LogP contribution in [0.3, 0.4) is 0 Å². The Bertz CT molecular complexity index is 977. The number of hydrogen-bond donors (Lipinski definition) is 2. The molecule has 0 radical (unpaired) electrons. The molecule has 9 heteroatoms. The average molecular weight is 394 g/mol. The number of rotatable bonds is 6. The number of hydrogen-bond acceptors (Lipinski definition) is 4. The third-order valence-electron chi connectivity index (χ3n) is 4.09. The van der Waals surface area contributed by atoms with Crippen LogP contribution in [0.1, 0.15) is 43.2 Å². The second-order valence-corrected chi connectivity index (χ2v) is 7.27. The van der Waals surface area contributed by atoms with Crippen molar-refractivity contribution in [2.75, 3.05) is 18.2 Å². The summed E-state index contributed by atoms with van der Waals surface area (Å²) >= 11 is 0. The van der Waals surface area contributed by atoms with E-state index in [4.69, 9.17) is 4.74 Å². The minimum Gasteiger partial charge on any atom is -0.478 e. The van der Waals surface area contributed by atoms with Crippen LogP contribution in [0.15, 0.2) is 23.0 Å². The Morgan fingerprint density at radius 3 is 2.43 bits per heavy atom. The van der Waals surface area contributed by atoms with Crippen LogP contribution < -0.4 is 10.6 Å². The highest BCUT2D eigenvalue weighted by Gasteiger charge is 2.26. The largest absolute Gasteiger partial charge is 0.478 e. The molecule has 0 atom stereocenters. The molecule has 2 rings (SSSR count). The molecule has 0 unspecified atom stereocenters. The number of aromatic nitrogens is 1. The zero-order valence-corrected chi connectivity index (χ0v) is 16.2. The minimum atomic E-state index is -1.46. The van der Waals surface area contributed by atoms with Crippen molar-refractivity contribution in [3.05, 3.63) is 45.6 Å². The number of aromatic carboxylic acids is 1. The summed E-state index contributed by atoms with van der Waals surface area (Å²) in [6.45, 7) is 6.96. The van der Waals surface area contributed by atoms with Gasteiger partial charge in [0.05, 0.1) is 22.2 Å². The van der Waals surface area contributed by atoms with Gasteiger partial charge in [0.2, 0.25) is 0 Å². The highest BCUT2D eigenvalue weighted by atomic mass is 19.1. The van der Waals surface area contributed by atoms with Crippen LogP contribution in [0.25, 0.3) is 10.8 Å². The van der Waals surface area contributed by atoms with Gasteiger partial charge in [-0.05, 0) is 40.2 Å². The van der Waals surface area contributed by atoms with E-state index in [0.717, 1.165) is 6.07 Å². The number of benzene rings is 1. The molecule has 0 fully saturated rings. The van der Waals surface area contributed by atoms with Crippen molar-refractivity contribution in [3.8, 4) is 0 Å². The minimum absolute atomic E-state index is 0.0762.